The molecule has 1 aromatic rings. The molecule has 0 aliphatic heterocycles. The summed E-state index contributed by atoms with van der Waals surface area (Å²) < 4.78 is 6.89. The molecule has 2 N–H and O–H groups in total. The second-order valence-electron chi connectivity index (χ2n) is 3.41. The van der Waals surface area contributed by atoms with Crippen LogP contribution in [0, 0.1) is 0 Å². The minimum atomic E-state index is -0.558. The first-order valence-electron chi connectivity index (χ1n) is 5.24. The zero-order valence-corrected chi connectivity index (χ0v) is 9.27. The first-order valence-corrected chi connectivity index (χ1v) is 5.24. The van der Waals surface area contributed by atoms with Crippen LogP contribution in [0.5, 0.6) is 0 Å². The van der Waals surface area contributed by atoms with Crippen LogP contribution in [0.4, 0.5) is 0 Å². The molecular formula is C11H18N2O2. The van der Waals surface area contributed by atoms with E-state index in [4.69, 9.17) is 10.5 Å². The van der Waals surface area contributed by atoms with Gasteiger partial charge in [-0.3, -0.25) is 4.79 Å². The SMILES string of the molecule is CCOC(=O)C(N)Cc1ccn(CC)c1. The van der Waals surface area contributed by atoms with Gasteiger partial charge in [-0.25, -0.2) is 0 Å². The zero-order chi connectivity index (χ0) is 11.3. The maximum Gasteiger partial charge on any atom is 0.323 e. The van der Waals surface area contributed by atoms with Crippen molar-refractivity contribution in [2.24, 2.45) is 5.73 Å². The van der Waals surface area contributed by atoms with Crippen molar-refractivity contribution in [3.05, 3.63) is 24.0 Å². The number of hydrogen-bond donors (Lipinski definition) is 1. The Balaban J connectivity index is 2.50. The predicted octanol–water partition coefficient (Wildman–Crippen LogP) is 0.941. The normalized spacial score (nSPS) is 12.5. The largest absolute Gasteiger partial charge is 0.465 e. The molecule has 0 aliphatic rings. The van der Waals surface area contributed by atoms with Gasteiger partial charge in [0.05, 0.1) is 6.61 Å². The number of esters is 1. The summed E-state index contributed by atoms with van der Waals surface area (Å²) in [7, 11) is 0. The topological polar surface area (TPSA) is 57.2 Å². The maximum atomic E-state index is 11.3. The highest BCUT2D eigenvalue weighted by Crippen LogP contribution is 2.05. The van der Waals surface area contributed by atoms with Crippen LogP contribution in [0.25, 0.3) is 0 Å². The van der Waals surface area contributed by atoms with Crippen molar-refractivity contribution in [1.82, 2.24) is 4.57 Å². The molecule has 4 nitrogen and oxygen atoms in total. The number of carbonyl (C=O) groups is 1. The van der Waals surface area contributed by atoms with Gasteiger partial charge in [-0.1, -0.05) is 0 Å². The van der Waals surface area contributed by atoms with Crippen molar-refractivity contribution >= 4 is 5.97 Å². The molecule has 84 valence electrons. The lowest BCUT2D eigenvalue weighted by Gasteiger charge is -2.08. The van der Waals surface area contributed by atoms with E-state index >= 15 is 0 Å². The van der Waals surface area contributed by atoms with Crippen LogP contribution in [0.3, 0.4) is 0 Å². The van der Waals surface area contributed by atoms with E-state index in [9.17, 15) is 4.79 Å². The van der Waals surface area contributed by atoms with Gasteiger partial charge < -0.3 is 15.0 Å². The minimum Gasteiger partial charge on any atom is -0.465 e. The molecule has 0 amide bonds. The molecule has 1 aromatic heterocycles. The van der Waals surface area contributed by atoms with Crippen LogP contribution in [0.2, 0.25) is 0 Å². The average molecular weight is 210 g/mol. The maximum absolute atomic E-state index is 11.3. The van der Waals surface area contributed by atoms with Gasteiger partial charge in [0, 0.05) is 18.9 Å². The Morgan fingerprint density at radius 2 is 2.33 bits per heavy atom. The summed E-state index contributed by atoms with van der Waals surface area (Å²) >= 11 is 0. The summed E-state index contributed by atoms with van der Waals surface area (Å²) in [6.07, 6.45) is 4.51. The van der Waals surface area contributed by atoms with Crippen molar-refractivity contribution in [3.63, 3.8) is 0 Å². The van der Waals surface area contributed by atoms with E-state index in [1.807, 2.05) is 23.0 Å². The third kappa shape index (κ3) is 3.40. The fourth-order valence-electron chi connectivity index (χ4n) is 1.39. The Kier molecular flexibility index (Phi) is 4.37. The number of rotatable bonds is 5. The molecule has 0 saturated carbocycles. The van der Waals surface area contributed by atoms with Crippen molar-refractivity contribution in [2.75, 3.05) is 6.61 Å². The number of aryl methyl sites for hydroxylation is 1. The number of nitrogens with two attached hydrogens (primary N) is 1. The Labute approximate surface area is 90.0 Å². The van der Waals surface area contributed by atoms with E-state index in [0.29, 0.717) is 13.0 Å². The van der Waals surface area contributed by atoms with Crippen LogP contribution in [0.1, 0.15) is 19.4 Å². The fourth-order valence-corrected chi connectivity index (χ4v) is 1.39. The summed E-state index contributed by atoms with van der Waals surface area (Å²) in [5.74, 6) is -0.332. The van der Waals surface area contributed by atoms with Crippen LogP contribution in [0.15, 0.2) is 18.5 Å². The highest BCUT2D eigenvalue weighted by Gasteiger charge is 2.15. The summed E-state index contributed by atoms with van der Waals surface area (Å²) in [5, 5.41) is 0. The van der Waals surface area contributed by atoms with Crippen LogP contribution < -0.4 is 5.73 Å². The van der Waals surface area contributed by atoms with Gasteiger partial charge in [-0.2, -0.15) is 0 Å². The second kappa shape index (κ2) is 5.56. The molecule has 0 aromatic carbocycles. The standard InChI is InChI=1S/C11H18N2O2/c1-3-13-6-5-9(8-13)7-10(12)11(14)15-4-2/h5-6,8,10H,3-4,7,12H2,1-2H3. The summed E-state index contributed by atoms with van der Waals surface area (Å²) in [6.45, 7) is 5.14. The van der Waals surface area contributed by atoms with Crippen molar-refractivity contribution in [1.29, 1.82) is 0 Å². The third-order valence-electron chi connectivity index (χ3n) is 2.22. The van der Waals surface area contributed by atoms with Crippen molar-refractivity contribution in [2.45, 2.75) is 32.9 Å². The van der Waals surface area contributed by atoms with E-state index in [0.717, 1.165) is 12.1 Å². The highest BCUT2D eigenvalue weighted by atomic mass is 16.5. The molecule has 1 heterocycles. The molecule has 1 unspecified atom stereocenters. The highest BCUT2D eigenvalue weighted by molar-refractivity contribution is 5.75. The zero-order valence-electron chi connectivity index (χ0n) is 9.27. The van der Waals surface area contributed by atoms with Gasteiger partial charge in [0.25, 0.3) is 0 Å². The fraction of sp³-hybridized carbons (Fsp3) is 0.545. The van der Waals surface area contributed by atoms with Crippen LogP contribution in [-0.4, -0.2) is 23.2 Å². The third-order valence-corrected chi connectivity index (χ3v) is 2.22. The summed E-state index contributed by atoms with van der Waals surface area (Å²) in [6, 6.07) is 1.42. The lowest BCUT2D eigenvalue weighted by atomic mass is 10.1. The molecule has 0 aliphatic carbocycles. The Bertz CT molecular complexity index is 320. The second-order valence-corrected chi connectivity index (χ2v) is 3.41. The monoisotopic (exact) mass is 210 g/mol. The molecule has 0 spiro atoms. The molecule has 1 rings (SSSR count). The van der Waals surface area contributed by atoms with Gasteiger partial charge in [0.15, 0.2) is 0 Å². The number of aromatic nitrogens is 1. The van der Waals surface area contributed by atoms with E-state index < -0.39 is 6.04 Å². The van der Waals surface area contributed by atoms with E-state index in [1.165, 1.54) is 0 Å². The number of carbonyl (C=O) groups excluding carboxylic acids is 1. The summed E-state index contributed by atoms with van der Waals surface area (Å²) in [5.41, 5.74) is 6.77. The average Bonchev–Trinajstić information content (AvgIpc) is 2.66. The lowest BCUT2D eigenvalue weighted by Crippen LogP contribution is -2.34. The molecule has 0 fully saturated rings. The smallest absolute Gasteiger partial charge is 0.323 e. The van der Waals surface area contributed by atoms with E-state index in [1.54, 1.807) is 6.92 Å². The van der Waals surface area contributed by atoms with Gasteiger partial charge in [-0.15, -0.1) is 0 Å². The summed E-state index contributed by atoms with van der Waals surface area (Å²) in [4.78, 5) is 11.3. The molecule has 0 radical (unpaired) electrons. The predicted molar refractivity (Wildman–Crippen MR) is 58.4 cm³/mol. The van der Waals surface area contributed by atoms with Crippen molar-refractivity contribution < 1.29 is 9.53 Å². The van der Waals surface area contributed by atoms with Crippen molar-refractivity contribution in [3.8, 4) is 0 Å². The lowest BCUT2D eigenvalue weighted by molar-refractivity contribution is -0.144. The Hall–Kier alpha value is -1.29. The molecule has 15 heavy (non-hydrogen) atoms. The van der Waals surface area contributed by atoms with Gasteiger partial charge >= 0.3 is 5.97 Å². The molecule has 0 bridgehead atoms. The Morgan fingerprint density at radius 1 is 1.60 bits per heavy atom. The minimum absolute atomic E-state index is 0.332. The molecule has 1 atom stereocenters. The van der Waals surface area contributed by atoms with Gasteiger partial charge in [-0.05, 0) is 31.9 Å². The van der Waals surface area contributed by atoms with E-state index in [2.05, 4.69) is 6.92 Å². The van der Waals surface area contributed by atoms with E-state index in [-0.39, 0.29) is 5.97 Å². The number of nitrogens with zero attached hydrogens (tertiary/aromatic N) is 1. The molecular weight excluding hydrogens is 192 g/mol. The first kappa shape index (κ1) is 11.8. The quantitative estimate of drug-likeness (QED) is 0.736. The number of hydrogen-bond acceptors (Lipinski definition) is 3. The van der Waals surface area contributed by atoms with Gasteiger partial charge in [0.2, 0.25) is 0 Å². The van der Waals surface area contributed by atoms with Crippen LogP contribution >= 0.6 is 0 Å². The van der Waals surface area contributed by atoms with Crippen LogP contribution in [-0.2, 0) is 22.5 Å². The van der Waals surface area contributed by atoms with Gasteiger partial charge in [0.1, 0.15) is 6.04 Å². The molecule has 0 saturated heterocycles. The number of ether oxygens (including phenoxy) is 1. The first-order chi connectivity index (χ1) is 7.17. The Morgan fingerprint density at radius 3 is 2.87 bits per heavy atom. The molecule has 4 heteroatoms.